The van der Waals surface area contributed by atoms with Crippen LogP contribution in [0.3, 0.4) is 0 Å². The quantitative estimate of drug-likeness (QED) is 0.829. The number of amides is 1. The van der Waals surface area contributed by atoms with Gasteiger partial charge in [-0.2, -0.15) is 0 Å². The van der Waals surface area contributed by atoms with E-state index in [1.54, 1.807) is 7.05 Å². The van der Waals surface area contributed by atoms with Crippen molar-refractivity contribution in [3.63, 3.8) is 0 Å². The topological polar surface area (TPSA) is 58.4 Å². The van der Waals surface area contributed by atoms with Crippen molar-refractivity contribution in [3.05, 3.63) is 35.9 Å². The Kier molecular flexibility index (Phi) is 4.22. The van der Waals surface area contributed by atoms with Gasteiger partial charge in [0.1, 0.15) is 5.54 Å². The second kappa shape index (κ2) is 5.72. The molecule has 1 saturated heterocycles. The number of hydrogen-bond acceptors (Lipinski definition) is 3. The van der Waals surface area contributed by atoms with E-state index < -0.39 is 5.54 Å². The van der Waals surface area contributed by atoms with Crippen molar-refractivity contribution in [2.45, 2.75) is 18.9 Å². The zero-order chi connectivity index (χ0) is 13.9. The van der Waals surface area contributed by atoms with Crippen molar-refractivity contribution < 1.29 is 4.79 Å². The van der Waals surface area contributed by atoms with Crippen LogP contribution in [0.2, 0.25) is 0 Å². The molecule has 0 saturated carbocycles. The molecule has 0 spiro atoms. The van der Waals surface area contributed by atoms with Gasteiger partial charge in [-0.05, 0) is 31.5 Å². The summed E-state index contributed by atoms with van der Waals surface area (Å²) in [6.07, 6.45) is 1.19. The molecule has 0 radical (unpaired) electrons. The first-order chi connectivity index (χ1) is 9.08. The number of primary amides is 1. The van der Waals surface area contributed by atoms with Gasteiger partial charge in [0.25, 0.3) is 0 Å². The summed E-state index contributed by atoms with van der Waals surface area (Å²) in [5.74, 6) is 0.374. The van der Waals surface area contributed by atoms with E-state index in [0.717, 1.165) is 18.7 Å². The molecule has 1 aromatic carbocycles. The Morgan fingerprint density at radius 2 is 2.16 bits per heavy atom. The molecule has 1 amide bonds. The van der Waals surface area contributed by atoms with Gasteiger partial charge in [0.15, 0.2) is 0 Å². The third-order valence-corrected chi connectivity index (χ3v) is 4.08. The number of carbonyl (C=O) groups is 1. The van der Waals surface area contributed by atoms with Gasteiger partial charge in [-0.25, -0.2) is 0 Å². The zero-order valence-electron chi connectivity index (χ0n) is 11.7. The first kappa shape index (κ1) is 14.0. The predicted molar refractivity (Wildman–Crippen MR) is 76.6 cm³/mol. The Morgan fingerprint density at radius 1 is 1.47 bits per heavy atom. The molecule has 2 unspecified atom stereocenters. The number of nitrogens with one attached hydrogen (secondary N) is 1. The number of nitrogens with zero attached hydrogens (tertiary/aromatic N) is 1. The van der Waals surface area contributed by atoms with Gasteiger partial charge in [0, 0.05) is 13.1 Å². The average Bonchev–Trinajstić information content (AvgIpc) is 2.82. The monoisotopic (exact) mass is 261 g/mol. The smallest absolute Gasteiger partial charge is 0.243 e. The summed E-state index contributed by atoms with van der Waals surface area (Å²) in [4.78, 5) is 14.4. The Bertz CT molecular complexity index is 434. The first-order valence-corrected chi connectivity index (χ1v) is 6.85. The van der Waals surface area contributed by atoms with Crippen molar-refractivity contribution in [1.82, 2.24) is 10.2 Å². The van der Waals surface area contributed by atoms with E-state index in [2.05, 4.69) is 17.1 Å². The third kappa shape index (κ3) is 2.80. The van der Waals surface area contributed by atoms with Crippen molar-refractivity contribution in [2.24, 2.45) is 11.7 Å². The molecule has 1 aromatic rings. The predicted octanol–water partition coefficient (Wildman–Crippen LogP) is 0.928. The standard InChI is InChI=1S/C15H23N3O/c1-12-8-9-18(10-12)11-15(17-2,14(16)19)13-6-4-3-5-7-13/h3-7,12,17H,8-11H2,1-2H3,(H2,16,19). The van der Waals surface area contributed by atoms with E-state index in [1.165, 1.54) is 6.42 Å². The number of likely N-dealkylation sites (tertiary alicyclic amines) is 1. The molecule has 4 heteroatoms. The highest BCUT2D eigenvalue weighted by Crippen LogP contribution is 2.25. The number of hydrogen-bond donors (Lipinski definition) is 2. The minimum absolute atomic E-state index is 0.319. The molecule has 0 aliphatic carbocycles. The van der Waals surface area contributed by atoms with E-state index >= 15 is 0 Å². The highest BCUT2D eigenvalue weighted by atomic mass is 16.1. The Labute approximate surface area is 115 Å². The molecule has 104 valence electrons. The molecule has 4 nitrogen and oxygen atoms in total. The van der Waals surface area contributed by atoms with E-state index in [1.807, 2.05) is 30.3 Å². The summed E-state index contributed by atoms with van der Waals surface area (Å²) < 4.78 is 0. The van der Waals surface area contributed by atoms with Crippen LogP contribution < -0.4 is 11.1 Å². The van der Waals surface area contributed by atoms with Gasteiger partial charge in [0.05, 0.1) is 0 Å². The fourth-order valence-electron chi connectivity index (χ4n) is 2.89. The van der Waals surface area contributed by atoms with Crippen LogP contribution in [0.15, 0.2) is 30.3 Å². The molecular weight excluding hydrogens is 238 g/mol. The SMILES string of the molecule is CNC(CN1CCC(C)C1)(C(N)=O)c1ccccc1. The fraction of sp³-hybridized carbons (Fsp3) is 0.533. The highest BCUT2D eigenvalue weighted by molar-refractivity contribution is 5.86. The van der Waals surface area contributed by atoms with Gasteiger partial charge in [-0.15, -0.1) is 0 Å². The summed E-state index contributed by atoms with van der Waals surface area (Å²) in [5.41, 5.74) is 5.83. The van der Waals surface area contributed by atoms with Crippen LogP contribution in [-0.2, 0) is 10.3 Å². The van der Waals surface area contributed by atoms with Gasteiger partial charge in [-0.3, -0.25) is 4.79 Å². The molecule has 2 atom stereocenters. The van der Waals surface area contributed by atoms with Crippen LogP contribution in [-0.4, -0.2) is 37.5 Å². The number of rotatable bonds is 5. The largest absolute Gasteiger partial charge is 0.368 e. The van der Waals surface area contributed by atoms with E-state index in [9.17, 15) is 4.79 Å². The Hall–Kier alpha value is -1.39. The summed E-state index contributed by atoms with van der Waals surface area (Å²) in [7, 11) is 1.80. The summed E-state index contributed by atoms with van der Waals surface area (Å²) in [6, 6.07) is 9.75. The van der Waals surface area contributed by atoms with E-state index in [0.29, 0.717) is 12.5 Å². The first-order valence-electron chi connectivity index (χ1n) is 6.85. The molecule has 1 aliphatic rings. The lowest BCUT2D eigenvalue weighted by atomic mass is 9.88. The third-order valence-electron chi connectivity index (χ3n) is 4.08. The minimum atomic E-state index is -0.800. The van der Waals surface area contributed by atoms with Gasteiger partial charge in [0.2, 0.25) is 5.91 Å². The molecule has 0 bridgehead atoms. The molecular formula is C15H23N3O. The van der Waals surface area contributed by atoms with Crippen molar-refractivity contribution >= 4 is 5.91 Å². The van der Waals surface area contributed by atoms with Gasteiger partial charge in [-0.1, -0.05) is 37.3 Å². The second-order valence-electron chi connectivity index (χ2n) is 5.51. The fourth-order valence-corrected chi connectivity index (χ4v) is 2.89. The van der Waals surface area contributed by atoms with Crippen molar-refractivity contribution in [1.29, 1.82) is 0 Å². The van der Waals surface area contributed by atoms with Crippen molar-refractivity contribution in [3.8, 4) is 0 Å². The van der Waals surface area contributed by atoms with Crippen LogP contribution in [0, 0.1) is 5.92 Å². The van der Waals surface area contributed by atoms with Crippen LogP contribution in [0.5, 0.6) is 0 Å². The van der Waals surface area contributed by atoms with Crippen LogP contribution in [0.4, 0.5) is 0 Å². The zero-order valence-corrected chi connectivity index (χ0v) is 11.7. The molecule has 1 aliphatic heterocycles. The number of carbonyl (C=O) groups excluding carboxylic acids is 1. The molecule has 1 fully saturated rings. The Balaban J connectivity index is 2.27. The second-order valence-corrected chi connectivity index (χ2v) is 5.51. The van der Waals surface area contributed by atoms with Crippen LogP contribution in [0.25, 0.3) is 0 Å². The summed E-state index contributed by atoms with van der Waals surface area (Å²) in [5, 5.41) is 3.16. The summed E-state index contributed by atoms with van der Waals surface area (Å²) in [6.45, 7) is 4.94. The van der Waals surface area contributed by atoms with Crippen LogP contribution >= 0.6 is 0 Å². The molecule has 2 rings (SSSR count). The number of nitrogens with two attached hydrogens (primary N) is 1. The lowest BCUT2D eigenvalue weighted by Gasteiger charge is -2.34. The van der Waals surface area contributed by atoms with Crippen LogP contribution in [0.1, 0.15) is 18.9 Å². The van der Waals surface area contributed by atoms with Crippen molar-refractivity contribution in [2.75, 3.05) is 26.7 Å². The van der Waals surface area contributed by atoms with E-state index in [-0.39, 0.29) is 5.91 Å². The lowest BCUT2D eigenvalue weighted by Crippen LogP contribution is -2.57. The molecule has 19 heavy (non-hydrogen) atoms. The highest BCUT2D eigenvalue weighted by Gasteiger charge is 2.39. The number of likely N-dealkylation sites (N-methyl/N-ethyl adjacent to an activating group) is 1. The molecule has 0 aromatic heterocycles. The maximum Gasteiger partial charge on any atom is 0.243 e. The minimum Gasteiger partial charge on any atom is -0.368 e. The maximum atomic E-state index is 12.1. The lowest BCUT2D eigenvalue weighted by molar-refractivity contribution is -0.125. The molecule has 1 heterocycles. The van der Waals surface area contributed by atoms with E-state index in [4.69, 9.17) is 5.73 Å². The average molecular weight is 261 g/mol. The normalized spacial score (nSPS) is 23.2. The number of benzene rings is 1. The Morgan fingerprint density at radius 3 is 2.63 bits per heavy atom. The van der Waals surface area contributed by atoms with Gasteiger partial charge >= 0.3 is 0 Å². The maximum absolute atomic E-state index is 12.1. The summed E-state index contributed by atoms with van der Waals surface area (Å²) >= 11 is 0. The molecule has 3 N–H and O–H groups in total. The van der Waals surface area contributed by atoms with Gasteiger partial charge < -0.3 is 16.0 Å².